The van der Waals surface area contributed by atoms with E-state index in [1.54, 1.807) is 18.2 Å². The van der Waals surface area contributed by atoms with Crippen LogP contribution in [-0.2, 0) is 9.59 Å². The van der Waals surface area contributed by atoms with Gasteiger partial charge in [0.1, 0.15) is 17.4 Å². The summed E-state index contributed by atoms with van der Waals surface area (Å²) in [6.07, 6.45) is 1.26. The van der Waals surface area contributed by atoms with Crippen molar-refractivity contribution in [3.8, 4) is 11.8 Å². The molecule has 2 amide bonds. The molecule has 0 unspecified atom stereocenters. The van der Waals surface area contributed by atoms with Gasteiger partial charge in [-0.3, -0.25) is 9.59 Å². The first-order valence-electron chi connectivity index (χ1n) is 6.22. The molecule has 7 nitrogen and oxygen atoms in total. The second-order valence-electron chi connectivity index (χ2n) is 4.08. The number of carbonyl (C=O) groups is 2. The first-order chi connectivity index (χ1) is 10.0. The van der Waals surface area contributed by atoms with Crippen molar-refractivity contribution in [1.29, 1.82) is 5.26 Å². The molecule has 0 saturated heterocycles. The summed E-state index contributed by atoms with van der Waals surface area (Å²) in [6.45, 7) is 2.16. The standard InChI is InChI=1S/C14H16N4O3/c1-10(19)17-7-6-16-9-11(8-15)14(21)18-12-4-2-3-5-13(12)20/h2-5,9,16,20H,6-7H2,1H3,(H,17,19)(H,18,21)/b11-9-. The normalized spacial score (nSPS) is 10.4. The zero-order valence-electron chi connectivity index (χ0n) is 11.5. The molecule has 0 aliphatic carbocycles. The first-order valence-corrected chi connectivity index (χ1v) is 6.22. The van der Waals surface area contributed by atoms with Crippen molar-refractivity contribution in [3.63, 3.8) is 0 Å². The molecule has 0 heterocycles. The molecule has 7 heteroatoms. The van der Waals surface area contributed by atoms with Crippen molar-refractivity contribution in [2.75, 3.05) is 18.4 Å². The lowest BCUT2D eigenvalue weighted by atomic mass is 10.2. The molecule has 21 heavy (non-hydrogen) atoms. The minimum absolute atomic E-state index is 0.0817. The number of phenolic OH excluding ortho intramolecular Hbond substituents is 1. The van der Waals surface area contributed by atoms with Crippen molar-refractivity contribution in [3.05, 3.63) is 36.0 Å². The van der Waals surface area contributed by atoms with Gasteiger partial charge < -0.3 is 21.1 Å². The second kappa shape index (κ2) is 8.22. The quantitative estimate of drug-likeness (QED) is 0.263. The van der Waals surface area contributed by atoms with Crippen LogP contribution in [0.4, 0.5) is 5.69 Å². The molecule has 110 valence electrons. The van der Waals surface area contributed by atoms with E-state index in [0.717, 1.165) is 0 Å². The van der Waals surface area contributed by atoms with E-state index in [9.17, 15) is 14.7 Å². The van der Waals surface area contributed by atoms with Gasteiger partial charge in [0.2, 0.25) is 5.91 Å². The van der Waals surface area contributed by atoms with Crippen LogP contribution in [0.25, 0.3) is 0 Å². The lowest BCUT2D eigenvalue weighted by Crippen LogP contribution is -2.28. The summed E-state index contributed by atoms with van der Waals surface area (Å²) in [5.74, 6) is -0.869. The van der Waals surface area contributed by atoms with E-state index in [1.165, 1.54) is 25.3 Å². The van der Waals surface area contributed by atoms with E-state index in [4.69, 9.17) is 5.26 Å². The van der Waals surface area contributed by atoms with Crippen LogP contribution in [-0.4, -0.2) is 30.0 Å². The van der Waals surface area contributed by atoms with Gasteiger partial charge in [-0.1, -0.05) is 12.1 Å². The Kier molecular flexibility index (Phi) is 6.28. The predicted molar refractivity (Wildman–Crippen MR) is 77.1 cm³/mol. The van der Waals surface area contributed by atoms with Gasteiger partial charge in [0.05, 0.1) is 5.69 Å². The molecular formula is C14H16N4O3. The van der Waals surface area contributed by atoms with Gasteiger partial charge in [0.25, 0.3) is 5.91 Å². The Hall–Kier alpha value is -3.01. The maximum absolute atomic E-state index is 11.8. The van der Waals surface area contributed by atoms with E-state index >= 15 is 0 Å². The Morgan fingerprint density at radius 3 is 2.67 bits per heavy atom. The predicted octanol–water partition coefficient (Wildman–Crippen LogP) is 0.464. The molecule has 0 aliphatic heterocycles. The van der Waals surface area contributed by atoms with Crippen LogP contribution < -0.4 is 16.0 Å². The molecule has 1 rings (SSSR count). The highest BCUT2D eigenvalue weighted by atomic mass is 16.3. The summed E-state index contributed by atoms with van der Waals surface area (Å²) < 4.78 is 0. The summed E-state index contributed by atoms with van der Waals surface area (Å²) in [6, 6.07) is 7.98. The smallest absolute Gasteiger partial charge is 0.267 e. The van der Waals surface area contributed by atoms with Crippen molar-refractivity contribution < 1.29 is 14.7 Å². The second-order valence-corrected chi connectivity index (χ2v) is 4.08. The van der Waals surface area contributed by atoms with Gasteiger partial charge in [0, 0.05) is 26.2 Å². The van der Waals surface area contributed by atoms with Crippen LogP contribution in [0.15, 0.2) is 36.0 Å². The maximum Gasteiger partial charge on any atom is 0.267 e. The fraction of sp³-hybridized carbons (Fsp3) is 0.214. The van der Waals surface area contributed by atoms with Crippen LogP contribution in [0.5, 0.6) is 5.75 Å². The largest absolute Gasteiger partial charge is 0.506 e. The van der Waals surface area contributed by atoms with Gasteiger partial charge in [-0.25, -0.2) is 0 Å². The summed E-state index contributed by atoms with van der Waals surface area (Å²) >= 11 is 0. The van der Waals surface area contributed by atoms with Crippen molar-refractivity contribution >= 4 is 17.5 Å². The molecule has 1 aromatic carbocycles. The number of nitrogens with one attached hydrogen (secondary N) is 3. The molecule has 1 aromatic rings. The topological polar surface area (TPSA) is 114 Å². The number of benzene rings is 1. The molecule has 0 aromatic heterocycles. The van der Waals surface area contributed by atoms with Gasteiger partial charge in [-0.05, 0) is 12.1 Å². The Morgan fingerprint density at radius 1 is 1.33 bits per heavy atom. The minimum Gasteiger partial charge on any atom is -0.506 e. The third-order valence-corrected chi connectivity index (χ3v) is 2.41. The first kappa shape index (κ1) is 16.0. The number of hydrogen-bond donors (Lipinski definition) is 4. The Morgan fingerprint density at radius 2 is 2.05 bits per heavy atom. The van der Waals surface area contributed by atoms with Gasteiger partial charge in [0.15, 0.2) is 0 Å². The maximum atomic E-state index is 11.8. The van der Waals surface area contributed by atoms with E-state index in [2.05, 4.69) is 16.0 Å². The number of nitriles is 1. The number of para-hydroxylation sites is 2. The number of rotatable bonds is 6. The van der Waals surface area contributed by atoms with E-state index in [-0.39, 0.29) is 22.9 Å². The zero-order valence-corrected chi connectivity index (χ0v) is 11.5. The van der Waals surface area contributed by atoms with Gasteiger partial charge in [-0.2, -0.15) is 5.26 Å². The number of hydrogen-bond acceptors (Lipinski definition) is 5. The Labute approximate surface area is 122 Å². The van der Waals surface area contributed by atoms with E-state index in [1.807, 2.05) is 0 Å². The van der Waals surface area contributed by atoms with Crippen molar-refractivity contribution in [2.45, 2.75) is 6.92 Å². The average molecular weight is 288 g/mol. The molecule has 0 atom stereocenters. The molecule has 0 saturated carbocycles. The lowest BCUT2D eigenvalue weighted by Gasteiger charge is -2.06. The molecular weight excluding hydrogens is 272 g/mol. The van der Waals surface area contributed by atoms with Gasteiger partial charge in [-0.15, -0.1) is 0 Å². The number of aromatic hydroxyl groups is 1. The fourth-order valence-corrected chi connectivity index (χ4v) is 1.40. The third kappa shape index (κ3) is 5.65. The van der Waals surface area contributed by atoms with E-state index < -0.39 is 5.91 Å². The molecule has 0 bridgehead atoms. The van der Waals surface area contributed by atoms with Crippen LogP contribution in [0.2, 0.25) is 0 Å². The highest BCUT2D eigenvalue weighted by Crippen LogP contribution is 2.21. The van der Waals surface area contributed by atoms with Crippen molar-refractivity contribution in [1.82, 2.24) is 10.6 Å². The number of nitrogens with zero attached hydrogens (tertiary/aromatic N) is 1. The van der Waals surface area contributed by atoms with Crippen LogP contribution >= 0.6 is 0 Å². The van der Waals surface area contributed by atoms with Crippen LogP contribution in [0.3, 0.4) is 0 Å². The van der Waals surface area contributed by atoms with Crippen LogP contribution in [0.1, 0.15) is 6.92 Å². The zero-order chi connectivity index (χ0) is 15.7. The summed E-state index contributed by atoms with van der Waals surface area (Å²) in [5.41, 5.74) is 0.0861. The highest BCUT2D eigenvalue weighted by Gasteiger charge is 2.10. The number of anilines is 1. The summed E-state index contributed by atoms with van der Waals surface area (Å²) in [4.78, 5) is 22.5. The van der Waals surface area contributed by atoms with Gasteiger partial charge >= 0.3 is 0 Å². The molecule has 4 N–H and O–H groups in total. The molecule has 0 spiro atoms. The molecule has 0 radical (unpaired) electrons. The highest BCUT2D eigenvalue weighted by molar-refractivity contribution is 6.07. The summed E-state index contributed by atoms with van der Waals surface area (Å²) in [7, 11) is 0. The number of carbonyl (C=O) groups excluding carboxylic acids is 2. The lowest BCUT2D eigenvalue weighted by molar-refractivity contribution is -0.119. The average Bonchev–Trinajstić information content (AvgIpc) is 2.45. The molecule has 0 aliphatic rings. The summed E-state index contributed by atoms with van der Waals surface area (Å²) in [5, 5.41) is 26.2. The fourth-order valence-electron chi connectivity index (χ4n) is 1.40. The third-order valence-electron chi connectivity index (χ3n) is 2.41. The Bertz CT molecular complexity index is 590. The SMILES string of the molecule is CC(=O)NCCN/C=C(/C#N)C(=O)Nc1ccccc1O. The van der Waals surface area contributed by atoms with E-state index in [0.29, 0.717) is 13.1 Å². The number of amides is 2. The Balaban J connectivity index is 2.55. The monoisotopic (exact) mass is 288 g/mol. The number of phenols is 1. The van der Waals surface area contributed by atoms with Crippen molar-refractivity contribution in [2.24, 2.45) is 0 Å². The minimum atomic E-state index is -0.633. The van der Waals surface area contributed by atoms with Crippen LogP contribution in [0, 0.1) is 11.3 Å². The molecule has 0 fully saturated rings.